The molecule has 14 N–H and O–H groups in total. The normalized spacial score (nSPS) is 15.6. The van der Waals surface area contributed by atoms with Crippen LogP contribution in [0.5, 0.6) is 0 Å². The zero-order valence-corrected chi connectivity index (χ0v) is 34.1. The van der Waals surface area contributed by atoms with E-state index < -0.39 is 108 Å². The molecule has 0 fully saturated rings. The van der Waals surface area contributed by atoms with Crippen molar-refractivity contribution in [2.75, 3.05) is 13.2 Å². The Kier molecular flexibility index (Phi) is 22.0. The van der Waals surface area contributed by atoms with Gasteiger partial charge in [0.15, 0.2) is 5.96 Å². The number of aliphatic carboxylic acids is 1. The fourth-order valence-corrected chi connectivity index (χ4v) is 5.56. The number of hydrogen-bond donors (Lipinski definition) is 11. The number of aliphatic hydroxyl groups is 1. The van der Waals surface area contributed by atoms with Gasteiger partial charge in [-0.1, -0.05) is 77.8 Å². The van der Waals surface area contributed by atoms with Crippen LogP contribution >= 0.6 is 0 Å². The first-order chi connectivity index (χ1) is 27.2. The van der Waals surface area contributed by atoms with Crippen molar-refractivity contribution in [2.45, 2.75) is 116 Å². The van der Waals surface area contributed by atoms with Crippen LogP contribution in [0.2, 0.25) is 0 Å². The van der Waals surface area contributed by atoms with E-state index in [1.165, 1.54) is 6.92 Å². The van der Waals surface area contributed by atoms with Crippen LogP contribution in [-0.2, 0) is 44.8 Å². The van der Waals surface area contributed by atoms with Crippen LogP contribution < -0.4 is 49.1 Å². The van der Waals surface area contributed by atoms with Crippen molar-refractivity contribution in [3.8, 4) is 0 Å². The van der Waals surface area contributed by atoms with E-state index in [4.69, 9.17) is 17.2 Å². The van der Waals surface area contributed by atoms with Crippen LogP contribution in [0.25, 0.3) is 0 Å². The molecule has 0 saturated heterocycles. The molecule has 9 atom stereocenters. The van der Waals surface area contributed by atoms with Crippen molar-refractivity contribution in [2.24, 2.45) is 39.9 Å². The van der Waals surface area contributed by atoms with E-state index in [1.54, 1.807) is 58.0 Å². The van der Waals surface area contributed by atoms with Crippen LogP contribution in [0.4, 0.5) is 0 Å². The van der Waals surface area contributed by atoms with Crippen molar-refractivity contribution in [1.29, 1.82) is 0 Å². The molecule has 0 aliphatic rings. The standard InChI is InChI=1S/C38H62N10O10/c1-7-20(3)29(31(39)52)47-34(55)25(17-24-14-10-9-11-15-24)45-37(58)30(21(4)8-2)48-35(56)26(18-28(50)51)44-33(54)23(6)43-36(57)27(19-49)46-32(53)22(5)13-12-16-42-38(40)41/h9-11,14-15,20-23,25-27,29-30,49H,7-8,12-13,16-19H2,1-6H3,(H2,39,52)(H,43,57)(H,44,54)(H,45,58)(H,46,53)(H,47,55)(H,48,56)(H,50,51)(H4,40,41,42)/t20-,21-,22-,23-,25-,26-,27-,29-,30-/m0/s1. The first kappa shape index (κ1) is 50.2. The molecule has 7 amide bonds. The lowest BCUT2D eigenvalue weighted by Gasteiger charge is -2.29. The van der Waals surface area contributed by atoms with Gasteiger partial charge in [-0.2, -0.15) is 0 Å². The van der Waals surface area contributed by atoms with Gasteiger partial charge in [-0.3, -0.25) is 43.3 Å². The average Bonchev–Trinajstić information content (AvgIpc) is 3.17. The molecule has 1 aromatic rings. The van der Waals surface area contributed by atoms with Gasteiger partial charge < -0.3 is 59.3 Å². The molecular weight excluding hydrogens is 756 g/mol. The van der Waals surface area contributed by atoms with Crippen LogP contribution in [0.1, 0.15) is 79.2 Å². The predicted octanol–water partition coefficient (Wildman–Crippen LogP) is -2.11. The maximum absolute atomic E-state index is 13.9. The first-order valence-corrected chi connectivity index (χ1v) is 19.3. The molecule has 0 radical (unpaired) electrons. The van der Waals surface area contributed by atoms with E-state index in [9.17, 15) is 48.6 Å². The van der Waals surface area contributed by atoms with Crippen molar-refractivity contribution in [3.63, 3.8) is 0 Å². The van der Waals surface area contributed by atoms with Gasteiger partial charge in [-0.15, -0.1) is 0 Å². The lowest BCUT2D eigenvalue weighted by atomic mass is 9.95. The number of carboxylic acids is 1. The number of amides is 7. The Labute approximate surface area is 338 Å². The molecule has 0 spiro atoms. The Hall–Kier alpha value is -5.79. The highest BCUT2D eigenvalue weighted by Crippen LogP contribution is 2.13. The van der Waals surface area contributed by atoms with Gasteiger partial charge >= 0.3 is 5.97 Å². The number of carboxylic acid groups (broad SMARTS) is 1. The summed E-state index contributed by atoms with van der Waals surface area (Å²) in [6.45, 7) is 9.27. The highest BCUT2D eigenvalue weighted by atomic mass is 16.4. The van der Waals surface area contributed by atoms with Crippen molar-refractivity contribution < 1.29 is 48.6 Å². The Balaban J connectivity index is 3.16. The van der Waals surface area contributed by atoms with E-state index in [0.29, 0.717) is 31.2 Å². The molecule has 0 unspecified atom stereocenters. The summed E-state index contributed by atoms with van der Waals surface area (Å²) in [6, 6.07) is 0.609. The van der Waals surface area contributed by atoms with E-state index in [0.717, 1.165) is 0 Å². The third kappa shape index (κ3) is 17.6. The maximum Gasteiger partial charge on any atom is 0.305 e. The number of guanidine groups is 1. The van der Waals surface area contributed by atoms with Crippen molar-refractivity contribution in [3.05, 3.63) is 35.9 Å². The van der Waals surface area contributed by atoms with Gasteiger partial charge in [0, 0.05) is 18.9 Å². The summed E-state index contributed by atoms with van der Waals surface area (Å²) in [5.41, 5.74) is 16.8. The molecule has 0 saturated carbocycles. The topological polar surface area (TPSA) is 340 Å². The molecule has 0 aromatic heterocycles. The predicted molar refractivity (Wildman–Crippen MR) is 214 cm³/mol. The summed E-state index contributed by atoms with van der Waals surface area (Å²) in [6.07, 6.45) is 0.810. The molecule has 1 rings (SSSR count). The fraction of sp³-hybridized carbons (Fsp3) is 0.605. The minimum atomic E-state index is -1.73. The summed E-state index contributed by atoms with van der Waals surface area (Å²) in [5, 5.41) is 34.2. The van der Waals surface area contributed by atoms with Gasteiger partial charge in [0.25, 0.3) is 0 Å². The summed E-state index contributed by atoms with van der Waals surface area (Å²) in [7, 11) is 0. The van der Waals surface area contributed by atoms with Gasteiger partial charge in [0.1, 0.15) is 36.3 Å². The molecule has 0 bridgehead atoms. The van der Waals surface area contributed by atoms with Gasteiger partial charge in [0.05, 0.1) is 13.0 Å². The highest BCUT2D eigenvalue weighted by Gasteiger charge is 2.35. The largest absolute Gasteiger partial charge is 0.481 e. The van der Waals surface area contributed by atoms with Crippen LogP contribution in [-0.4, -0.2) is 113 Å². The van der Waals surface area contributed by atoms with Gasteiger partial charge in [-0.25, -0.2) is 0 Å². The number of carbonyl (C=O) groups is 8. The average molecular weight is 819 g/mol. The Bertz CT molecular complexity index is 1590. The fourth-order valence-electron chi connectivity index (χ4n) is 5.56. The molecule has 20 heteroatoms. The maximum atomic E-state index is 13.9. The number of primary amides is 1. The zero-order chi connectivity index (χ0) is 44.1. The SMILES string of the molecule is CC[C@H](C)[C@H](NC(=O)[C@H](Cc1ccccc1)NC(=O)[C@@H](NC(=O)[C@H](CC(=O)O)NC(=O)[C@H](C)NC(=O)[C@H](CO)NC(=O)[C@@H](C)CCCN=C(N)N)[C@@H](C)CC)C(N)=O. The lowest BCUT2D eigenvalue weighted by Crippen LogP contribution is -2.61. The van der Waals surface area contributed by atoms with Crippen LogP contribution in [0, 0.1) is 17.8 Å². The van der Waals surface area contributed by atoms with Gasteiger partial charge in [0.2, 0.25) is 41.4 Å². The van der Waals surface area contributed by atoms with E-state index in [2.05, 4.69) is 36.9 Å². The Morgan fingerprint density at radius 3 is 1.71 bits per heavy atom. The van der Waals surface area contributed by atoms with E-state index in [1.807, 2.05) is 6.92 Å². The number of nitrogens with zero attached hydrogens (tertiary/aromatic N) is 1. The third-order valence-corrected chi connectivity index (χ3v) is 9.64. The number of aliphatic imine (C=N–C) groups is 1. The number of carbonyl (C=O) groups excluding carboxylic acids is 7. The molecule has 0 aliphatic heterocycles. The summed E-state index contributed by atoms with van der Waals surface area (Å²) >= 11 is 0. The second-order valence-corrected chi connectivity index (χ2v) is 14.4. The summed E-state index contributed by atoms with van der Waals surface area (Å²) in [4.78, 5) is 108. The van der Waals surface area contributed by atoms with Gasteiger partial charge in [-0.05, 0) is 37.2 Å². The quantitative estimate of drug-likeness (QED) is 0.0272. The monoisotopic (exact) mass is 818 g/mol. The smallest absolute Gasteiger partial charge is 0.305 e. The molecule has 20 nitrogen and oxygen atoms in total. The Morgan fingerprint density at radius 2 is 1.17 bits per heavy atom. The second kappa shape index (κ2) is 25.5. The van der Waals surface area contributed by atoms with E-state index in [-0.39, 0.29) is 24.8 Å². The number of nitrogens with two attached hydrogens (primary N) is 3. The molecule has 0 heterocycles. The molecule has 58 heavy (non-hydrogen) atoms. The van der Waals surface area contributed by atoms with Crippen LogP contribution in [0.3, 0.4) is 0 Å². The minimum absolute atomic E-state index is 0.00736. The number of aliphatic hydroxyl groups excluding tert-OH is 1. The molecular formula is C38H62N10O10. The highest BCUT2D eigenvalue weighted by molar-refractivity contribution is 5.98. The minimum Gasteiger partial charge on any atom is -0.481 e. The van der Waals surface area contributed by atoms with Crippen molar-refractivity contribution >= 4 is 53.3 Å². The Morgan fingerprint density at radius 1 is 0.655 bits per heavy atom. The number of rotatable bonds is 26. The molecule has 324 valence electrons. The number of hydrogen-bond acceptors (Lipinski definition) is 10. The molecule has 0 aliphatic carbocycles. The number of benzene rings is 1. The zero-order valence-electron chi connectivity index (χ0n) is 34.1. The summed E-state index contributed by atoms with van der Waals surface area (Å²) < 4.78 is 0. The first-order valence-electron chi connectivity index (χ1n) is 19.3. The third-order valence-electron chi connectivity index (χ3n) is 9.64. The lowest BCUT2D eigenvalue weighted by molar-refractivity contribution is -0.141. The van der Waals surface area contributed by atoms with Crippen LogP contribution in [0.15, 0.2) is 35.3 Å². The number of nitrogens with one attached hydrogen (secondary N) is 6. The van der Waals surface area contributed by atoms with Crippen molar-refractivity contribution in [1.82, 2.24) is 31.9 Å². The second-order valence-electron chi connectivity index (χ2n) is 14.4. The molecule has 1 aromatic carbocycles. The summed E-state index contributed by atoms with van der Waals surface area (Å²) in [5.74, 6) is -8.77. The van der Waals surface area contributed by atoms with E-state index >= 15 is 0 Å².